The van der Waals surface area contributed by atoms with Gasteiger partial charge in [0.1, 0.15) is 11.2 Å². The number of carbonyl (C=O) groups is 2. The van der Waals surface area contributed by atoms with Crippen LogP contribution in [0.1, 0.15) is 11.1 Å². The Morgan fingerprint density at radius 2 is 2.00 bits per heavy atom. The maximum absolute atomic E-state index is 11.8. The molecule has 2 rings (SSSR count). The Balaban J connectivity index is 2.53. The lowest BCUT2D eigenvalue weighted by Crippen LogP contribution is -2.16. The molecule has 0 amide bonds. The van der Waals surface area contributed by atoms with Gasteiger partial charge in [0, 0.05) is 0 Å². The number of imidazole rings is 1. The van der Waals surface area contributed by atoms with Crippen molar-refractivity contribution in [1.29, 1.82) is 0 Å². The number of rotatable bonds is 4. The Bertz CT molecular complexity index is 761. The zero-order chi connectivity index (χ0) is 16.3. The molecule has 0 saturated carbocycles. The molecule has 0 atom stereocenters. The number of nitrogens with one attached hydrogen (secondary N) is 2. The van der Waals surface area contributed by atoms with Crippen LogP contribution in [0.15, 0.2) is 24.2 Å². The molecule has 0 radical (unpaired) electrons. The summed E-state index contributed by atoms with van der Waals surface area (Å²) in [7, 11) is 2.47. The number of aromatic amines is 1. The molecular weight excluding hydrogens is 286 g/mol. The van der Waals surface area contributed by atoms with Crippen molar-refractivity contribution in [2.24, 2.45) is 0 Å². The second kappa shape index (κ2) is 6.30. The summed E-state index contributed by atoms with van der Waals surface area (Å²) in [4.78, 5) is 30.5. The maximum Gasteiger partial charge on any atom is 0.354 e. The molecule has 0 spiro atoms. The number of anilines is 1. The number of ether oxygens (including phenoxy) is 2. The first kappa shape index (κ1) is 15.6. The van der Waals surface area contributed by atoms with Crippen LogP contribution in [0.25, 0.3) is 11.0 Å². The SMILES string of the molecule is COC(=O)/C=C(/Nc1c(C)c(C)cc2[nH]cnc12)C(=O)OC. The molecule has 7 nitrogen and oxygen atoms in total. The van der Waals surface area contributed by atoms with E-state index in [-0.39, 0.29) is 5.70 Å². The van der Waals surface area contributed by atoms with Crippen molar-refractivity contribution in [3.63, 3.8) is 0 Å². The molecule has 22 heavy (non-hydrogen) atoms. The van der Waals surface area contributed by atoms with Crippen LogP contribution in [0.2, 0.25) is 0 Å². The molecule has 2 N–H and O–H groups in total. The fourth-order valence-corrected chi connectivity index (χ4v) is 2.03. The second-order valence-corrected chi connectivity index (χ2v) is 4.69. The Hall–Kier alpha value is -2.83. The van der Waals surface area contributed by atoms with Crippen LogP contribution >= 0.6 is 0 Å². The molecule has 0 aliphatic rings. The zero-order valence-electron chi connectivity index (χ0n) is 12.8. The van der Waals surface area contributed by atoms with E-state index in [4.69, 9.17) is 0 Å². The minimum atomic E-state index is -0.671. The number of carbonyl (C=O) groups excluding carboxylic acids is 2. The number of fused-ring (bicyclic) bond motifs is 1. The highest BCUT2D eigenvalue weighted by atomic mass is 16.5. The van der Waals surface area contributed by atoms with E-state index >= 15 is 0 Å². The lowest BCUT2D eigenvalue weighted by atomic mass is 10.1. The van der Waals surface area contributed by atoms with Gasteiger partial charge < -0.3 is 19.8 Å². The number of aryl methyl sites for hydroxylation is 1. The fraction of sp³-hybridized carbons (Fsp3) is 0.267. The average molecular weight is 303 g/mol. The summed E-state index contributed by atoms with van der Waals surface area (Å²) < 4.78 is 9.24. The van der Waals surface area contributed by atoms with E-state index < -0.39 is 11.9 Å². The Morgan fingerprint density at radius 1 is 1.27 bits per heavy atom. The van der Waals surface area contributed by atoms with Crippen LogP contribution in [0.5, 0.6) is 0 Å². The average Bonchev–Trinajstić information content (AvgIpc) is 2.97. The predicted octanol–water partition coefficient (Wildman–Crippen LogP) is 1.82. The van der Waals surface area contributed by atoms with Crippen molar-refractivity contribution in [3.05, 3.63) is 35.3 Å². The summed E-state index contributed by atoms with van der Waals surface area (Å²) in [6, 6.07) is 1.96. The number of esters is 2. The quantitative estimate of drug-likeness (QED) is 0.661. The van der Waals surface area contributed by atoms with Crippen molar-refractivity contribution < 1.29 is 19.1 Å². The van der Waals surface area contributed by atoms with Crippen LogP contribution in [0.3, 0.4) is 0 Å². The van der Waals surface area contributed by atoms with E-state index in [2.05, 4.69) is 24.8 Å². The number of methoxy groups -OCH3 is 2. The van der Waals surface area contributed by atoms with Gasteiger partial charge >= 0.3 is 11.9 Å². The molecule has 7 heteroatoms. The minimum Gasteiger partial charge on any atom is -0.466 e. The second-order valence-electron chi connectivity index (χ2n) is 4.69. The van der Waals surface area contributed by atoms with Crippen LogP contribution in [-0.4, -0.2) is 36.1 Å². The van der Waals surface area contributed by atoms with E-state index in [0.29, 0.717) is 11.2 Å². The van der Waals surface area contributed by atoms with Gasteiger partial charge in [0.05, 0.1) is 37.8 Å². The van der Waals surface area contributed by atoms with Crippen molar-refractivity contribution >= 4 is 28.7 Å². The van der Waals surface area contributed by atoms with Gasteiger partial charge in [-0.25, -0.2) is 14.6 Å². The summed E-state index contributed by atoms with van der Waals surface area (Å²) >= 11 is 0. The largest absolute Gasteiger partial charge is 0.466 e. The monoisotopic (exact) mass is 303 g/mol. The van der Waals surface area contributed by atoms with E-state index in [1.165, 1.54) is 14.2 Å². The van der Waals surface area contributed by atoms with Crippen molar-refractivity contribution in [3.8, 4) is 0 Å². The standard InChI is InChI=1S/C15H17N3O4/c1-8-5-10-14(17-7-16-10)13(9(8)2)18-11(15(20)22-4)6-12(19)21-3/h5-7,18H,1-4H3,(H,16,17)/b11-6+. The first-order valence-electron chi connectivity index (χ1n) is 6.56. The number of aromatic nitrogens is 2. The van der Waals surface area contributed by atoms with E-state index in [9.17, 15) is 9.59 Å². The lowest BCUT2D eigenvalue weighted by molar-refractivity contribution is -0.138. The van der Waals surface area contributed by atoms with Gasteiger partial charge in [-0.3, -0.25) is 0 Å². The third kappa shape index (κ3) is 2.93. The first-order chi connectivity index (χ1) is 10.5. The highest BCUT2D eigenvalue weighted by Gasteiger charge is 2.17. The third-order valence-electron chi connectivity index (χ3n) is 3.36. The Morgan fingerprint density at radius 3 is 2.64 bits per heavy atom. The lowest BCUT2D eigenvalue weighted by Gasteiger charge is -2.14. The molecule has 116 valence electrons. The number of nitrogens with zero attached hydrogens (tertiary/aromatic N) is 1. The molecule has 0 bridgehead atoms. The fourth-order valence-electron chi connectivity index (χ4n) is 2.03. The first-order valence-corrected chi connectivity index (χ1v) is 6.56. The molecular formula is C15H17N3O4. The molecule has 0 fully saturated rings. The molecule has 1 heterocycles. The molecule has 2 aromatic rings. The Kier molecular flexibility index (Phi) is 4.45. The predicted molar refractivity (Wildman–Crippen MR) is 81.3 cm³/mol. The molecule has 1 aromatic carbocycles. The van der Waals surface area contributed by atoms with Crippen molar-refractivity contribution in [2.45, 2.75) is 13.8 Å². The smallest absolute Gasteiger partial charge is 0.354 e. The van der Waals surface area contributed by atoms with Gasteiger partial charge in [-0.1, -0.05) is 0 Å². The van der Waals surface area contributed by atoms with E-state index in [1.54, 1.807) is 6.33 Å². The van der Waals surface area contributed by atoms with Crippen LogP contribution in [0, 0.1) is 13.8 Å². The summed E-state index contributed by atoms with van der Waals surface area (Å²) in [5.74, 6) is -1.33. The summed E-state index contributed by atoms with van der Waals surface area (Å²) in [5, 5.41) is 2.94. The number of benzene rings is 1. The van der Waals surface area contributed by atoms with E-state index in [1.807, 2.05) is 19.9 Å². The molecule has 0 aliphatic heterocycles. The summed E-state index contributed by atoms with van der Waals surface area (Å²) in [5.41, 5.74) is 4.04. The third-order valence-corrected chi connectivity index (χ3v) is 3.36. The number of H-pyrrole nitrogens is 1. The number of hydrogen-bond donors (Lipinski definition) is 2. The highest BCUT2D eigenvalue weighted by Crippen LogP contribution is 2.29. The van der Waals surface area contributed by atoms with Crippen molar-refractivity contribution in [2.75, 3.05) is 19.5 Å². The van der Waals surface area contributed by atoms with Gasteiger partial charge in [0.15, 0.2) is 0 Å². The number of hydrogen-bond acceptors (Lipinski definition) is 6. The molecule has 0 unspecified atom stereocenters. The Labute approximate surface area is 127 Å². The van der Waals surface area contributed by atoms with Gasteiger partial charge in [-0.15, -0.1) is 0 Å². The van der Waals surface area contributed by atoms with Gasteiger partial charge in [0.25, 0.3) is 0 Å². The van der Waals surface area contributed by atoms with Gasteiger partial charge in [-0.2, -0.15) is 0 Å². The highest BCUT2D eigenvalue weighted by molar-refractivity contribution is 6.01. The summed E-state index contributed by atoms with van der Waals surface area (Å²) in [6.07, 6.45) is 2.61. The normalized spacial score (nSPS) is 11.4. The van der Waals surface area contributed by atoms with Crippen LogP contribution < -0.4 is 5.32 Å². The maximum atomic E-state index is 11.8. The topological polar surface area (TPSA) is 93.3 Å². The van der Waals surface area contributed by atoms with Gasteiger partial charge in [-0.05, 0) is 31.0 Å². The van der Waals surface area contributed by atoms with Crippen LogP contribution in [-0.2, 0) is 19.1 Å². The summed E-state index contributed by atoms with van der Waals surface area (Å²) in [6.45, 7) is 3.85. The molecule has 1 aromatic heterocycles. The van der Waals surface area contributed by atoms with Gasteiger partial charge in [0.2, 0.25) is 0 Å². The van der Waals surface area contributed by atoms with Crippen molar-refractivity contribution in [1.82, 2.24) is 9.97 Å². The molecule has 0 saturated heterocycles. The van der Waals surface area contributed by atoms with E-state index in [0.717, 1.165) is 22.7 Å². The molecule has 0 aliphatic carbocycles. The van der Waals surface area contributed by atoms with Crippen LogP contribution in [0.4, 0.5) is 5.69 Å². The minimum absolute atomic E-state index is 0.0210. The zero-order valence-corrected chi connectivity index (χ0v) is 12.8.